The minimum absolute atomic E-state index is 0.0471. The Hall–Kier alpha value is -4.07. The molecular weight excluding hydrogens is 432 g/mol. The van der Waals surface area contributed by atoms with E-state index in [2.05, 4.69) is 10.6 Å². The Morgan fingerprint density at radius 3 is 2.41 bits per heavy atom. The molecule has 2 bridgehead atoms. The summed E-state index contributed by atoms with van der Waals surface area (Å²) in [7, 11) is 1.60. The molecule has 2 aliphatic rings. The second-order valence-corrected chi connectivity index (χ2v) is 8.76. The van der Waals surface area contributed by atoms with Crippen molar-refractivity contribution in [2.75, 3.05) is 30.8 Å². The number of nitrogens with zero attached hydrogens (tertiary/aromatic N) is 2. The molecule has 2 aliphatic heterocycles. The molecule has 3 heterocycles. The molecule has 0 radical (unpaired) electrons. The maximum atomic E-state index is 13.0. The van der Waals surface area contributed by atoms with Crippen LogP contribution in [0.25, 0.3) is 0 Å². The normalized spacial score (nSPS) is 18.6. The molecule has 0 spiro atoms. The van der Waals surface area contributed by atoms with E-state index in [0.29, 0.717) is 36.6 Å². The first-order valence-corrected chi connectivity index (χ1v) is 11.3. The first kappa shape index (κ1) is 21.8. The summed E-state index contributed by atoms with van der Waals surface area (Å²) in [6.45, 7) is 1.56. The lowest BCUT2D eigenvalue weighted by Gasteiger charge is -2.43. The number of rotatable bonds is 4. The van der Waals surface area contributed by atoms with Gasteiger partial charge in [0.15, 0.2) is 0 Å². The van der Waals surface area contributed by atoms with Crippen molar-refractivity contribution in [3.8, 4) is 5.75 Å². The summed E-state index contributed by atoms with van der Waals surface area (Å²) in [5.41, 5.74) is 2.56. The summed E-state index contributed by atoms with van der Waals surface area (Å²) < 4.78 is 6.93. The number of amides is 3. The van der Waals surface area contributed by atoms with E-state index in [-0.39, 0.29) is 29.3 Å². The highest BCUT2D eigenvalue weighted by Gasteiger charge is 2.38. The van der Waals surface area contributed by atoms with Crippen LogP contribution in [0, 0.1) is 5.92 Å². The number of ether oxygens (including phenoxy) is 1. The number of benzene rings is 2. The number of anilines is 2. The Labute approximate surface area is 197 Å². The average Bonchev–Trinajstić information content (AvgIpc) is 2.86. The van der Waals surface area contributed by atoms with Crippen molar-refractivity contribution in [1.82, 2.24) is 9.47 Å². The number of hydrogen-bond donors (Lipinski definition) is 2. The van der Waals surface area contributed by atoms with Crippen LogP contribution in [0.15, 0.2) is 71.5 Å². The molecule has 8 nitrogen and oxygen atoms in total. The zero-order chi connectivity index (χ0) is 23.7. The molecule has 8 heteroatoms. The molecular formula is C26H26N4O4. The fourth-order valence-corrected chi connectivity index (χ4v) is 4.95. The summed E-state index contributed by atoms with van der Waals surface area (Å²) in [6.07, 6.45) is 0.865. The van der Waals surface area contributed by atoms with Gasteiger partial charge in [0.2, 0.25) is 0 Å². The van der Waals surface area contributed by atoms with Crippen molar-refractivity contribution in [3.05, 3.63) is 88.3 Å². The zero-order valence-corrected chi connectivity index (χ0v) is 18.9. The summed E-state index contributed by atoms with van der Waals surface area (Å²) in [4.78, 5) is 40.3. The lowest BCUT2D eigenvalue weighted by Crippen LogP contribution is -2.50. The number of nitrogens with one attached hydrogen (secondary N) is 2. The molecule has 1 fully saturated rings. The monoisotopic (exact) mass is 458 g/mol. The molecule has 0 unspecified atom stereocenters. The number of methoxy groups -OCH3 is 1. The molecule has 2 aromatic carbocycles. The largest absolute Gasteiger partial charge is 0.497 e. The minimum atomic E-state index is -0.228. The highest BCUT2D eigenvalue weighted by atomic mass is 16.5. The van der Waals surface area contributed by atoms with Gasteiger partial charge in [-0.25, -0.2) is 4.79 Å². The van der Waals surface area contributed by atoms with Gasteiger partial charge in [0.05, 0.1) is 12.8 Å². The number of carbonyl (C=O) groups is 2. The molecule has 3 aromatic rings. The number of carbonyl (C=O) groups excluding carboxylic acids is 2. The van der Waals surface area contributed by atoms with Crippen LogP contribution >= 0.6 is 0 Å². The maximum Gasteiger partial charge on any atom is 0.321 e. The van der Waals surface area contributed by atoms with Crippen molar-refractivity contribution in [1.29, 1.82) is 0 Å². The lowest BCUT2D eigenvalue weighted by molar-refractivity contribution is 0.102. The fourth-order valence-electron chi connectivity index (χ4n) is 4.95. The molecule has 2 N–H and O–H groups in total. The summed E-state index contributed by atoms with van der Waals surface area (Å²) in [5.74, 6) is 0.617. The van der Waals surface area contributed by atoms with Gasteiger partial charge in [-0.15, -0.1) is 0 Å². The van der Waals surface area contributed by atoms with Crippen molar-refractivity contribution in [2.24, 2.45) is 5.92 Å². The van der Waals surface area contributed by atoms with Crippen LogP contribution in [0.4, 0.5) is 16.2 Å². The Morgan fingerprint density at radius 1 is 0.912 bits per heavy atom. The molecule has 174 valence electrons. The second-order valence-electron chi connectivity index (χ2n) is 8.76. The number of pyridine rings is 1. The van der Waals surface area contributed by atoms with Gasteiger partial charge in [-0.2, -0.15) is 0 Å². The number of urea groups is 1. The molecule has 0 aliphatic carbocycles. The molecule has 2 atom stereocenters. The van der Waals surface area contributed by atoms with E-state index < -0.39 is 0 Å². The summed E-state index contributed by atoms with van der Waals surface area (Å²) >= 11 is 0. The molecule has 1 aromatic heterocycles. The number of hydrogen-bond acceptors (Lipinski definition) is 4. The van der Waals surface area contributed by atoms with E-state index in [4.69, 9.17) is 4.74 Å². The van der Waals surface area contributed by atoms with Gasteiger partial charge in [-0.1, -0.05) is 18.2 Å². The zero-order valence-electron chi connectivity index (χ0n) is 18.9. The Morgan fingerprint density at radius 2 is 1.68 bits per heavy atom. The Kier molecular flexibility index (Phi) is 5.79. The molecule has 3 amide bonds. The quantitative estimate of drug-likeness (QED) is 0.623. The highest BCUT2D eigenvalue weighted by Crippen LogP contribution is 2.38. The summed E-state index contributed by atoms with van der Waals surface area (Å²) in [6, 6.07) is 19.2. The van der Waals surface area contributed by atoms with Gasteiger partial charge in [-0.05, 0) is 54.8 Å². The molecule has 0 saturated carbocycles. The van der Waals surface area contributed by atoms with E-state index >= 15 is 0 Å². The van der Waals surface area contributed by atoms with Gasteiger partial charge in [-0.3, -0.25) is 9.59 Å². The van der Waals surface area contributed by atoms with Crippen molar-refractivity contribution < 1.29 is 14.3 Å². The topological polar surface area (TPSA) is 92.7 Å². The number of piperidine rings is 1. The van der Waals surface area contributed by atoms with E-state index in [1.165, 1.54) is 6.07 Å². The SMILES string of the molecule is COc1ccc(NC(=O)N2C[C@@H]3C[C@H](C2)c2c(NC(=O)c4ccccc4)ccc(=O)n2C3)cc1. The number of fused-ring (bicyclic) bond motifs is 4. The van der Waals surface area contributed by atoms with Crippen LogP contribution < -0.4 is 20.9 Å². The number of aromatic nitrogens is 1. The van der Waals surface area contributed by atoms with E-state index in [1.54, 1.807) is 59.0 Å². The van der Waals surface area contributed by atoms with E-state index in [1.807, 2.05) is 18.2 Å². The Bertz CT molecular complexity index is 1270. The van der Waals surface area contributed by atoms with Crippen LogP contribution in [0.2, 0.25) is 0 Å². The standard InChI is InChI=1S/C26H26N4O4/c1-34-21-9-7-20(8-10-21)27-26(33)29-14-17-13-19(16-29)24-22(11-12-23(31)30(24)15-17)28-25(32)18-5-3-2-4-6-18/h2-12,17,19H,13-16H2,1H3,(H,27,33)(H,28,32)/t17-,19+/m0/s1. The predicted molar refractivity (Wildman–Crippen MR) is 130 cm³/mol. The van der Waals surface area contributed by atoms with Crippen LogP contribution in [0.1, 0.15) is 28.4 Å². The smallest absolute Gasteiger partial charge is 0.321 e. The third-order valence-corrected chi connectivity index (χ3v) is 6.50. The van der Waals surface area contributed by atoms with Gasteiger partial charge in [0.1, 0.15) is 5.75 Å². The fraction of sp³-hybridized carbons (Fsp3) is 0.269. The Balaban J connectivity index is 1.37. The van der Waals surface area contributed by atoms with E-state index in [9.17, 15) is 14.4 Å². The minimum Gasteiger partial charge on any atom is -0.497 e. The summed E-state index contributed by atoms with van der Waals surface area (Å²) in [5, 5.41) is 5.93. The third kappa shape index (κ3) is 4.26. The maximum absolute atomic E-state index is 13.0. The molecule has 5 rings (SSSR count). The van der Waals surface area contributed by atoms with Gasteiger partial charge in [0.25, 0.3) is 11.5 Å². The first-order chi connectivity index (χ1) is 16.5. The van der Waals surface area contributed by atoms with Crippen molar-refractivity contribution >= 4 is 23.3 Å². The lowest BCUT2D eigenvalue weighted by atomic mass is 9.82. The van der Waals surface area contributed by atoms with Gasteiger partial charge >= 0.3 is 6.03 Å². The van der Waals surface area contributed by atoms with E-state index in [0.717, 1.165) is 17.9 Å². The van der Waals surface area contributed by atoms with Crippen LogP contribution in [0.3, 0.4) is 0 Å². The van der Waals surface area contributed by atoms with Crippen molar-refractivity contribution in [3.63, 3.8) is 0 Å². The second kappa shape index (κ2) is 9.05. The average molecular weight is 459 g/mol. The molecule has 34 heavy (non-hydrogen) atoms. The van der Waals surface area contributed by atoms with Crippen LogP contribution in [-0.2, 0) is 6.54 Å². The van der Waals surface area contributed by atoms with Gasteiger partial charge in [0, 0.05) is 48.6 Å². The first-order valence-electron chi connectivity index (χ1n) is 11.3. The highest BCUT2D eigenvalue weighted by molar-refractivity contribution is 6.04. The van der Waals surface area contributed by atoms with Crippen LogP contribution in [-0.4, -0.2) is 41.6 Å². The third-order valence-electron chi connectivity index (χ3n) is 6.50. The number of likely N-dealkylation sites (tertiary alicyclic amines) is 1. The van der Waals surface area contributed by atoms with Gasteiger partial charge < -0.3 is 24.8 Å². The molecule has 1 saturated heterocycles. The van der Waals surface area contributed by atoms with Crippen molar-refractivity contribution in [2.45, 2.75) is 18.9 Å². The predicted octanol–water partition coefficient (Wildman–Crippen LogP) is 3.76. The van der Waals surface area contributed by atoms with Crippen LogP contribution in [0.5, 0.6) is 5.75 Å².